The van der Waals surface area contributed by atoms with E-state index in [0.29, 0.717) is 6.54 Å². The Kier molecular flexibility index (Phi) is 6.40. The number of anilines is 1. The lowest BCUT2D eigenvalue weighted by atomic mass is 10.2. The molecule has 1 aliphatic heterocycles. The summed E-state index contributed by atoms with van der Waals surface area (Å²) < 4.78 is 0. The Morgan fingerprint density at radius 1 is 1.04 bits per heavy atom. The first-order valence-corrected chi connectivity index (χ1v) is 10.0. The summed E-state index contributed by atoms with van der Waals surface area (Å²) in [6.07, 6.45) is 2.58. The van der Waals surface area contributed by atoms with Gasteiger partial charge in [0.2, 0.25) is 5.91 Å². The highest BCUT2D eigenvalue weighted by Gasteiger charge is 2.14. The number of hydrogen-bond acceptors (Lipinski definition) is 3. The lowest BCUT2D eigenvalue weighted by Gasteiger charge is -2.18. The van der Waals surface area contributed by atoms with Gasteiger partial charge >= 0.3 is 0 Å². The smallest absolute Gasteiger partial charge is 0.233 e. The van der Waals surface area contributed by atoms with Crippen molar-refractivity contribution < 1.29 is 4.79 Å². The molecule has 1 saturated heterocycles. The number of amides is 1. The van der Waals surface area contributed by atoms with Crippen molar-refractivity contribution in [3.8, 4) is 0 Å². The Labute approximate surface area is 154 Å². The largest absolute Gasteiger partial charge is 0.372 e. The summed E-state index contributed by atoms with van der Waals surface area (Å²) in [6, 6.07) is 18.9. The normalized spacial score (nSPS) is 15.2. The molecule has 0 saturated carbocycles. The van der Waals surface area contributed by atoms with Crippen molar-refractivity contribution in [1.82, 2.24) is 5.32 Å². The molecule has 2 aromatic rings. The van der Waals surface area contributed by atoms with Gasteiger partial charge < -0.3 is 10.2 Å². The maximum atomic E-state index is 12.3. The second-order valence-electron chi connectivity index (χ2n) is 6.52. The Balaban J connectivity index is 1.43. The van der Waals surface area contributed by atoms with Crippen LogP contribution < -0.4 is 10.2 Å². The van der Waals surface area contributed by atoms with Crippen LogP contribution in [0.2, 0.25) is 0 Å². The Morgan fingerprint density at radius 3 is 2.40 bits per heavy atom. The van der Waals surface area contributed by atoms with Gasteiger partial charge in [-0.05, 0) is 43.0 Å². The zero-order valence-electron chi connectivity index (χ0n) is 14.8. The van der Waals surface area contributed by atoms with Crippen LogP contribution in [0.1, 0.15) is 30.9 Å². The van der Waals surface area contributed by atoms with E-state index in [1.54, 1.807) is 11.8 Å². The van der Waals surface area contributed by atoms with Crippen molar-refractivity contribution in [2.75, 3.05) is 18.0 Å². The average molecular weight is 355 g/mol. The van der Waals surface area contributed by atoms with Gasteiger partial charge in [0, 0.05) is 31.1 Å². The molecule has 132 valence electrons. The lowest BCUT2D eigenvalue weighted by molar-refractivity contribution is -0.120. The first-order valence-electron chi connectivity index (χ1n) is 8.99. The highest BCUT2D eigenvalue weighted by atomic mass is 32.2. The van der Waals surface area contributed by atoms with E-state index in [1.807, 2.05) is 25.1 Å². The molecule has 0 bridgehead atoms. The van der Waals surface area contributed by atoms with E-state index < -0.39 is 0 Å². The van der Waals surface area contributed by atoms with Crippen LogP contribution in [0, 0.1) is 0 Å². The molecule has 1 N–H and O–H groups in total. The van der Waals surface area contributed by atoms with Crippen molar-refractivity contribution >= 4 is 23.4 Å². The van der Waals surface area contributed by atoms with E-state index in [0.717, 1.165) is 24.4 Å². The van der Waals surface area contributed by atoms with Crippen LogP contribution in [0.15, 0.2) is 54.6 Å². The molecular formula is C21H26N2OS. The third kappa shape index (κ3) is 5.27. The first-order chi connectivity index (χ1) is 12.2. The fourth-order valence-corrected chi connectivity index (χ4v) is 3.87. The summed E-state index contributed by atoms with van der Waals surface area (Å²) in [5, 5.41) is 3.00. The van der Waals surface area contributed by atoms with Crippen molar-refractivity contribution in [2.45, 2.75) is 37.3 Å². The summed E-state index contributed by atoms with van der Waals surface area (Å²) in [7, 11) is 0. The number of nitrogens with one attached hydrogen (secondary N) is 1. The lowest BCUT2D eigenvalue weighted by Crippen LogP contribution is -2.30. The third-order valence-corrected chi connectivity index (χ3v) is 5.80. The molecule has 1 unspecified atom stereocenters. The summed E-state index contributed by atoms with van der Waals surface area (Å²) in [4.78, 5) is 14.7. The summed E-state index contributed by atoms with van der Waals surface area (Å²) >= 11 is 1.67. The molecule has 4 heteroatoms. The van der Waals surface area contributed by atoms with Gasteiger partial charge in [-0.1, -0.05) is 42.5 Å². The van der Waals surface area contributed by atoms with Crippen LogP contribution in [0.3, 0.4) is 0 Å². The van der Waals surface area contributed by atoms with Gasteiger partial charge in [-0.2, -0.15) is 0 Å². The summed E-state index contributed by atoms with van der Waals surface area (Å²) in [5.74, 6) is 0.963. The van der Waals surface area contributed by atoms with E-state index in [2.05, 4.69) is 46.6 Å². The highest BCUT2D eigenvalue weighted by Crippen LogP contribution is 2.21. The maximum absolute atomic E-state index is 12.3. The standard InChI is InChI=1S/C21H26N2OS/c1-17(25-16-19-7-3-2-4-8-19)21(24)22-15-18-9-11-20(12-10-18)23-13-5-6-14-23/h2-4,7-12,17H,5-6,13-16H2,1H3,(H,22,24). The van der Waals surface area contributed by atoms with Gasteiger partial charge in [-0.3, -0.25) is 4.79 Å². The van der Waals surface area contributed by atoms with Crippen LogP contribution >= 0.6 is 11.8 Å². The quantitative estimate of drug-likeness (QED) is 0.808. The number of hydrogen-bond donors (Lipinski definition) is 1. The van der Waals surface area contributed by atoms with Crippen molar-refractivity contribution in [2.24, 2.45) is 0 Å². The number of nitrogens with zero attached hydrogens (tertiary/aromatic N) is 1. The minimum Gasteiger partial charge on any atom is -0.372 e. The summed E-state index contributed by atoms with van der Waals surface area (Å²) in [6.45, 7) is 4.88. The first kappa shape index (κ1) is 17.9. The van der Waals surface area contributed by atoms with Gasteiger partial charge in [0.1, 0.15) is 0 Å². The average Bonchev–Trinajstić information content (AvgIpc) is 3.20. The predicted octanol–water partition coefficient (Wildman–Crippen LogP) is 4.22. The van der Waals surface area contributed by atoms with Gasteiger partial charge in [0.15, 0.2) is 0 Å². The predicted molar refractivity (Wildman–Crippen MR) is 107 cm³/mol. The molecule has 1 atom stereocenters. The molecule has 1 fully saturated rings. The van der Waals surface area contributed by atoms with Crippen LogP contribution in [0.4, 0.5) is 5.69 Å². The maximum Gasteiger partial charge on any atom is 0.233 e. The van der Waals surface area contributed by atoms with Crippen LogP contribution in [0.5, 0.6) is 0 Å². The monoisotopic (exact) mass is 354 g/mol. The zero-order chi connectivity index (χ0) is 17.5. The number of thioether (sulfide) groups is 1. The molecule has 25 heavy (non-hydrogen) atoms. The van der Waals surface area contributed by atoms with Crippen LogP contribution in [0.25, 0.3) is 0 Å². The second-order valence-corrected chi connectivity index (χ2v) is 7.85. The Hall–Kier alpha value is -1.94. The van der Waals surface area contributed by atoms with Crippen molar-refractivity contribution in [3.05, 3.63) is 65.7 Å². The van der Waals surface area contributed by atoms with E-state index in [4.69, 9.17) is 0 Å². The van der Waals surface area contributed by atoms with E-state index in [-0.39, 0.29) is 11.2 Å². The van der Waals surface area contributed by atoms with Crippen LogP contribution in [-0.2, 0) is 17.1 Å². The fraction of sp³-hybridized carbons (Fsp3) is 0.381. The highest BCUT2D eigenvalue weighted by molar-refractivity contribution is 7.99. The molecule has 0 radical (unpaired) electrons. The molecule has 3 rings (SSSR count). The zero-order valence-corrected chi connectivity index (χ0v) is 15.6. The second kappa shape index (κ2) is 8.95. The topological polar surface area (TPSA) is 32.3 Å². The minimum atomic E-state index is -0.0518. The molecule has 0 aliphatic carbocycles. The van der Waals surface area contributed by atoms with Gasteiger partial charge in [-0.25, -0.2) is 0 Å². The fourth-order valence-electron chi connectivity index (χ4n) is 3.00. The number of rotatable bonds is 7. The third-order valence-electron chi connectivity index (χ3n) is 4.59. The van der Waals surface area contributed by atoms with Crippen LogP contribution in [-0.4, -0.2) is 24.2 Å². The molecular weight excluding hydrogens is 328 g/mol. The Morgan fingerprint density at radius 2 is 1.72 bits per heavy atom. The van der Waals surface area contributed by atoms with Gasteiger partial charge in [0.05, 0.1) is 5.25 Å². The minimum absolute atomic E-state index is 0.0518. The number of carbonyl (C=O) groups is 1. The summed E-state index contributed by atoms with van der Waals surface area (Å²) in [5.41, 5.74) is 3.69. The van der Waals surface area contributed by atoms with E-state index in [9.17, 15) is 4.79 Å². The molecule has 1 amide bonds. The van der Waals surface area contributed by atoms with E-state index >= 15 is 0 Å². The molecule has 2 aromatic carbocycles. The van der Waals surface area contributed by atoms with Gasteiger partial charge in [0.25, 0.3) is 0 Å². The SMILES string of the molecule is CC(SCc1ccccc1)C(=O)NCc1ccc(N2CCCC2)cc1. The number of benzene rings is 2. The molecule has 0 spiro atoms. The Bertz CT molecular complexity index is 666. The van der Waals surface area contributed by atoms with Crippen molar-refractivity contribution in [1.29, 1.82) is 0 Å². The molecule has 0 aromatic heterocycles. The van der Waals surface area contributed by atoms with Crippen molar-refractivity contribution in [3.63, 3.8) is 0 Å². The molecule has 3 nitrogen and oxygen atoms in total. The number of carbonyl (C=O) groups excluding carboxylic acids is 1. The molecule has 1 heterocycles. The van der Waals surface area contributed by atoms with E-state index in [1.165, 1.54) is 24.1 Å². The molecule has 1 aliphatic rings. The van der Waals surface area contributed by atoms with Gasteiger partial charge in [-0.15, -0.1) is 11.8 Å².